The Balaban J connectivity index is 1.79. The quantitative estimate of drug-likeness (QED) is 0.801. The van der Waals surface area contributed by atoms with Crippen molar-refractivity contribution < 1.29 is 13.2 Å². The molecule has 0 aromatic heterocycles. The van der Waals surface area contributed by atoms with Crippen molar-refractivity contribution in [2.24, 2.45) is 5.92 Å². The third-order valence-corrected chi connectivity index (χ3v) is 6.27. The molecule has 1 atom stereocenters. The van der Waals surface area contributed by atoms with E-state index in [1.165, 1.54) is 0 Å². The molecule has 118 valence electrons. The Bertz CT molecular complexity index is 372. The summed E-state index contributed by atoms with van der Waals surface area (Å²) in [7, 11) is -3.14. The van der Waals surface area contributed by atoms with Gasteiger partial charge in [-0.3, -0.25) is 0 Å². The van der Waals surface area contributed by atoms with E-state index in [1.807, 2.05) is 0 Å². The zero-order chi connectivity index (χ0) is 14.4. The third-order valence-electron chi connectivity index (χ3n) is 4.32. The summed E-state index contributed by atoms with van der Waals surface area (Å²) in [6, 6.07) is 0. The van der Waals surface area contributed by atoms with E-state index >= 15 is 0 Å². The molecule has 0 radical (unpaired) electrons. The highest BCUT2D eigenvalue weighted by Crippen LogP contribution is 2.22. The van der Waals surface area contributed by atoms with Gasteiger partial charge in [-0.25, -0.2) is 12.7 Å². The van der Waals surface area contributed by atoms with Gasteiger partial charge in [0.05, 0.1) is 11.9 Å². The third kappa shape index (κ3) is 4.69. The molecule has 20 heavy (non-hydrogen) atoms. The molecule has 0 aliphatic carbocycles. The summed E-state index contributed by atoms with van der Waals surface area (Å²) < 4.78 is 32.0. The predicted octanol–water partition coefficient (Wildman–Crippen LogP) is 1.21. The number of sulfonamides is 1. The summed E-state index contributed by atoms with van der Waals surface area (Å²) in [5, 5.41) is 3.35. The molecule has 0 spiro atoms. The highest BCUT2D eigenvalue weighted by molar-refractivity contribution is 7.89. The van der Waals surface area contributed by atoms with Crippen LogP contribution in [0.2, 0.25) is 0 Å². The Morgan fingerprint density at radius 2 is 1.95 bits per heavy atom. The van der Waals surface area contributed by atoms with Gasteiger partial charge in [-0.1, -0.05) is 6.92 Å². The molecule has 2 aliphatic rings. The standard InChI is InChI=1S/C14H28N2O3S/c1-2-15-11-13-6-8-16(9-7-13)20(17,18)12-14-5-3-4-10-19-14/h13-15H,2-12H2,1H3. The van der Waals surface area contributed by atoms with E-state index in [0.717, 1.165) is 45.2 Å². The molecular formula is C14H28N2O3S. The van der Waals surface area contributed by atoms with Crippen molar-refractivity contribution in [3.63, 3.8) is 0 Å². The SMILES string of the molecule is CCNCC1CCN(S(=O)(=O)CC2CCCCO2)CC1. The number of nitrogens with one attached hydrogen (secondary N) is 1. The van der Waals surface area contributed by atoms with Crippen molar-refractivity contribution in [3.8, 4) is 0 Å². The Kier molecular flexibility index (Phi) is 6.26. The molecule has 6 heteroatoms. The van der Waals surface area contributed by atoms with E-state index in [-0.39, 0.29) is 11.9 Å². The van der Waals surface area contributed by atoms with Gasteiger partial charge >= 0.3 is 0 Å². The molecular weight excluding hydrogens is 276 g/mol. The average molecular weight is 304 g/mol. The van der Waals surface area contributed by atoms with Crippen LogP contribution in [-0.2, 0) is 14.8 Å². The zero-order valence-electron chi connectivity index (χ0n) is 12.5. The molecule has 0 aromatic rings. The predicted molar refractivity (Wildman–Crippen MR) is 80.2 cm³/mol. The molecule has 0 amide bonds. The normalized spacial score (nSPS) is 26.8. The second-order valence-corrected chi connectivity index (χ2v) is 7.93. The Hall–Kier alpha value is -0.170. The lowest BCUT2D eigenvalue weighted by Crippen LogP contribution is -2.44. The monoisotopic (exact) mass is 304 g/mol. The fourth-order valence-electron chi connectivity index (χ4n) is 3.02. The molecule has 5 nitrogen and oxygen atoms in total. The number of piperidine rings is 1. The van der Waals surface area contributed by atoms with Gasteiger partial charge in [0.1, 0.15) is 0 Å². The Morgan fingerprint density at radius 1 is 1.20 bits per heavy atom. The lowest BCUT2D eigenvalue weighted by molar-refractivity contribution is 0.0297. The summed E-state index contributed by atoms with van der Waals surface area (Å²) in [4.78, 5) is 0. The van der Waals surface area contributed by atoms with Gasteiger partial charge < -0.3 is 10.1 Å². The van der Waals surface area contributed by atoms with Crippen LogP contribution < -0.4 is 5.32 Å². The minimum absolute atomic E-state index is 0.0896. The van der Waals surface area contributed by atoms with Gasteiger partial charge in [-0.05, 0) is 51.1 Å². The van der Waals surface area contributed by atoms with Crippen LogP contribution in [0.4, 0.5) is 0 Å². The molecule has 2 saturated heterocycles. The van der Waals surface area contributed by atoms with Crippen molar-refractivity contribution in [2.75, 3.05) is 38.5 Å². The summed E-state index contributed by atoms with van der Waals surface area (Å²) in [5.74, 6) is 0.789. The van der Waals surface area contributed by atoms with Crippen LogP contribution in [0.25, 0.3) is 0 Å². The highest BCUT2D eigenvalue weighted by atomic mass is 32.2. The minimum atomic E-state index is -3.14. The number of ether oxygens (including phenoxy) is 1. The smallest absolute Gasteiger partial charge is 0.216 e. The summed E-state index contributed by atoms with van der Waals surface area (Å²) in [5.41, 5.74) is 0. The lowest BCUT2D eigenvalue weighted by Gasteiger charge is -2.33. The molecule has 0 bridgehead atoms. The molecule has 2 heterocycles. The van der Waals surface area contributed by atoms with Gasteiger partial charge in [0, 0.05) is 19.7 Å². The second kappa shape index (κ2) is 7.73. The van der Waals surface area contributed by atoms with E-state index in [2.05, 4.69) is 12.2 Å². The fraction of sp³-hybridized carbons (Fsp3) is 1.00. The summed E-state index contributed by atoms with van der Waals surface area (Å²) in [6.07, 6.45) is 4.89. The molecule has 1 unspecified atom stereocenters. The fourth-order valence-corrected chi connectivity index (χ4v) is 4.73. The number of rotatable bonds is 6. The molecule has 2 rings (SSSR count). The first-order chi connectivity index (χ1) is 9.62. The zero-order valence-corrected chi connectivity index (χ0v) is 13.3. The number of nitrogens with zero attached hydrogens (tertiary/aromatic N) is 1. The lowest BCUT2D eigenvalue weighted by atomic mass is 9.98. The maximum Gasteiger partial charge on any atom is 0.216 e. The first-order valence-electron chi connectivity index (χ1n) is 7.92. The average Bonchev–Trinajstić information content (AvgIpc) is 2.46. The van der Waals surface area contributed by atoms with Gasteiger partial charge in [0.25, 0.3) is 0 Å². The minimum Gasteiger partial charge on any atom is -0.377 e. The van der Waals surface area contributed by atoms with E-state index < -0.39 is 10.0 Å². The van der Waals surface area contributed by atoms with Crippen molar-refractivity contribution in [1.29, 1.82) is 0 Å². The molecule has 0 aromatic carbocycles. The van der Waals surface area contributed by atoms with Gasteiger partial charge in [-0.15, -0.1) is 0 Å². The maximum absolute atomic E-state index is 12.4. The molecule has 1 N–H and O–H groups in total. The van der Waals surface area contributed by atoms with Crippen LogP contribution in [0.15, 0.2) is 0 Å². The first kappa shape index (κ1) is 16.2. The van der Waals surface area contributed by atoms with Crippen LogP contribution in [-0.4, -0.2) is 57.4 Å². The second-order valence-electron chi connectivity index (χ2n) is 5.92. The van der Waals surface area contributed by atoms with Crippen molar-refractivity contribution >= 4 is 10.0 Å². The van der Waals surface area contributed by atoms with Crippen LogP contribution in [0.1, 0.15) is 39.0 Å². The Labute approximate surface area is 123 Å². The van der Waals surface area contributed by atoms with Crippen LogP contribution in [0, 0.1) is 5.92 Å². The molecule has 2 fully saturated rings. The van der Waals surface area contributed by atoms with E-state index in [9.17, 15) is 8.42 Å². The largest absolute Gasteiger partial charge is 0.377 e. The summed E-state index contributed by atoms with van der Waals surface area (Å²) in [6.45, 7) is 6.15. The van der Waals surface area contributed by atoms with Gasteiger partial charge in [-0.2, -0.15) is 0 Å². The topological polar surface area (TPSA) is 58.6 Å². The van der Waals surface area contributed by atoms with Crippen molar-refractivity contribution in [2.45, 2.75) is 45.1 Å². The van der Waals surface area contributed by atoms with Crippen LogP contribution in [0.3, 0.4) is 0 Å². The maximum atomic E-state index is 12.4. The summed E-state index contributed by atoms with van der Waals surface area (Å²) >= 11 is 0. The van der Waals surface area contributed by atoms with Crippen molar-refractivity contribution in [3.05, 3.63) is 0 Å². The van der Waals surface area contributed by atoms with E-state index in [4.69, 9.17) is 4.74 Å². The van der Waals surface area contributed by atoms with E-state index in [1.54, 1.807) is 4.31 Å². The number of hydrogen-bond acceptors (Lipinski definition) is 4. The van der Waals surface area contributed by atoms with Crippen LogP contribution >= 0.6 is 0 Å². The Morgan fingerprint density at radius 3 is 2.55 bits per heavy atom. The number of hydrogen-bond donors (Lipinski definition) is 1. The highest BCUT2D eigenvalue weighted by Gasteiger charge is 2.30. The molecule has 2 aliphatic heterocycles. The van der Waals surface area contributed by atoms with E-state index in [0.29, 0.717) is 25.6 Å². The van der Waals surface area contributed by atoms with Crippen molar-refractivity contribution in [1.82, 2.24) is 9.62 Å². The van der Waals surface area contributed by atoms with Crippen LogP contribution in [0.5, 0.6) is 0 Å². The van der Waals surface area contributed by atoms with Gasteiger partial charge in [0.2, 0.25) is 10.0 Å². The first-order valence-corrected chi connectivity index (χ1v) is 9.53. The molecule has 0 saturated carbocycles. The van der Waals surface area contributed by atoms with Gasteiger partial charge in [0.15, 0.2) is 0 Å².